The van der Waals surface area contributed by atoms with E-state index in [0.29, 0.717) is 15.9 Å². The minimum Gasteiger partial charge on any atom is -0.494 e. The van der Waals surface area contributed by atoms with E-state index in [2.05, 4.69) is 15.5 Å². The van der Waals surface area contributed by atoms with Crippen LogP contribution < -0.4 is 10.2 Å². The molecule has 1 aromatic heterocycles. The molecule has 0 aliphatic heterocycles. The summed E-state index contributed by atoms with van der Waals surface area (Å²) in [6.07, 6.45) is 0. The van der Waals surface area contributed by atoms with Gasteiger partial charge < -0.3 is 4.74 Å². The van der Waals surface area contributed by atoms with E-state index >= 15 is 0 Å². The molecule has 90 valence electrons. The molecule has 2 rings (SSSR count). The number of anilines is 1. The largest absolute Gasteiger partial charge is 0.494 e. The second-order valence-corrected chi connectivity index (χ2v) is 5.02. The number of benzene rings is 1. The Balaban J connectivity index is 2.48. The molecule has 0 amide bonds. The standard InChI is InChI=1S/C11H12ClN3OS/c1-6(2)14-15-11-13-9-8(16-3)5-4-7(12)10(9)17-11/h4-5H,1-3H3,(H,13,15). The summed E-state index contributed by atoms with van der Waals surface area (Å²) in [5, 5.41) is 5.48. The normalized spacial score (nSPS) is 10.4. The van der Waals surface area contributed by atoms with Crippen LogP contribution in [-0.4, -0.2) is 17.8 Å². The minimum absolute atomic E-state index is 0.670. The van der Waals surface area contributed by atoms with Gasteiger partial charge in [-0.05, 0) is 26.0 Å². The van der Waals surface area contributed by atoms with E-state index in [-0.39, 0.29) is 0 Å². The molecular formula is C11H12ClN3OS. The van der Waals surface area contributed by atoms with Gasteiger partial charge in [-0.3, -0.25) is 5.43 Å². The Bertz CT molecular complexity index is 575. The number of thiazole rings is 1. The summed E-state index contributed by atoms with van der Waals surface area (Å²) in [7, 11) is 1.61. The number of methoxy groups -OCH3 is 1. The van der Waals surface area contributed by atoms with Gasteiger partial charge in [-0.15, -0.1) is 0 Å². The molecule has 0 spiro atoms. The van der Waals surface area contributed by atoms with Crippen molar-refractivity contribution in [2.75, 3.05) is 12.5 Å². The van der Waals surface area contributed by atoms with Gasteiger partial charge in [0.1, 0.15) is 11.3 Å². The fraction of sp³-hybridized carbons (Fsp3) is 0.273. The van der Waals surface area contributed by atoms with Crippen molar-refractivity contribution in [1.82, 2.24) is 4.98 Å². The molecule has 6 heteroatoms. The summed E-state index contributed by atoms with van der Waals surface area (Å²) in [4.78, 5) is 4.41. The molecule has 17 heavy (non-hydrogen) atoms. The SMILES string of the molecule is COc1ccc(Cl)c2sc(NN=C(C)C)nc12. The van der Waals surface area contributed by atoms with Crippen molar-refractivity contribution in [2.45, 2.75) is 13.8 Å². The number of halogens is 1. The van der Waals surface area contributed by atoms with E-state index in [1.54, 1.807) is 13.2 Å². The smallest absolute Gasteiger partial charge is 0.204 e. The lowest BCUT2D eigenvalue weighted by Crippen LogP contribution is -1.91. The first-order valence-corrected chi connectivity index (χ1v) is 6.21. The fourth-order valence-corrected chi connectivity index (χ4v) is 2.42. The summed E-state index contributed by atoms with van der Waals surface area (Å²) in [6, 6.07) is 3.61. The van der Waals surface area contributed by atoms with Gasteiger partial charge >= 0.3 is 0 Å². The number of fused-ring (bicyclic) bond motifs is 1. The topological polar surface area (TPSA) is 46.5 Å². The minimum atomic E-state index is 0.670. The number of ether oxygens (including phenoxy) is 1. The molecule has 0 aliphatic rings. The van der Waals surface area contributed by atoms with Crippen molar-refractivity contribution < 1.29 is 4.74 Å². The van der Waals surface area contributed by atoms with Crippen molar-refractivity contribution in [3.8, 4) is 5.75 Å². The van der Waals surface area contributed by atoms with E-state index in [0.717, 1.165) is 15.9 Å². The maximum atomic E-state index is 6.11. The molecule has 2 aromatic rings. The Morgan fingerprint density at radius 2 is 2.24 bits per heavy atom. The first-order chi connectivity index (χ1) is 8.11. The average Bonchev–Trinajstić information content (AvgIpc) is 2.72. The lowest BCUT2D eigenvalue weighted by Gasteiger charge is -2.00. The quantitative estimate of drug-likeness (QED) is 0.682. The molecule has 0 aliphatic carbocycles. The number of hydrazone groups is 1. The lowest BCUT2D eigenvalue weighted by atomic mass is 10.3. The summed E-state index contributed by atoms with van der Waals surface area (Å²) >= 11 is 7.57. The molecule has 1 N–H and O–H groups in total. The molecule has 0 saturated carbocycles. The zero-order valence-electron chi connectivity index (χ0n) is 9.74. The Morgan fingerprint density at radius 3 is 2.88 bits per heavy atom. The van der Waals surface area contributed by atoms with Crippen molar-refractivity contribution in [3.05, 3.63) is 17.2 Å². The third-order valence-corrected chi connectivity index (χ3v) is 3.47. The molecule has 0 radical (unpaired) electrons. The first kappa shape index (κ1) is 12.1. The number of hydrogen-bond donors (Lipinski definition) is 1. The second-order valence-electron chi connectivity index (χ2n) is 3.62. The van der Waals surface area contributed by atoms with Crippen LogP contribution in [0.25, 0.3) is 10.2 Å². The molecular weight excluding hydrogens is 258 g/mol. The molecule has 1 aromatic carbocycles. The molecule has 0 atom stereocenters. The van der Waals surface area contributed by atoms with Crippen LogP contribution in [-0.2, 0) is 0 Å². The van der Waals surface area contributed by atoms with Crippen molar-refractivity contribution in [1.29, 1.82) is 0 Å². The highest BCUT2D eigenvalue weighted by Crippen LogP contribution is 2.37. The number of nitrogens with one attached hydrogen (secondary N) is 1. The molecule has 0 unspecified atom stereocenters. The van der Waals surface area contributed by atoms with Crippen LogP contribution in [0.15, 0.2) is 17.2 Å². The van der Waals surface area contributed by atoms with Crippen LogP contribution in [0.1, 0.15) is 13.8 Å². The van der Waals surface area contributed by atoms with E-state index in [9.17, 15) is 0 Å². The summed E-state index contributed by atoms with van der Waals surface area (Å²) in [5.41, 5.74) is 4.59. The highest BCUT2D eigenvalue weighted by atomic mass is 35.5. The van der Waals surface area contributed by atoms with Gasteiger partial charge in [0.2, 0.25) is 5.13 Å². The number of aromatic nitrogens is 1. The van der Waals surface area contributed by atoms with Crippen LogP contribution in [0.5, 0.6) is 5.75 Å². The molecule has 0 bridgehead atoms. The molecule has 0 fully saturated rings. The molecule has 1 heterocycles. The third kappa shape index (κ3) is 2.50. The number of hydrogen-bond acceptors (Lipinski definition) is 5. The predicted octanol–water partition coefficient (Wildman–Crippen LogP) is 3.77. The van der Waals surface area contributed by atoms with Gasteiger partial charge in [0.15, 0.2) is 0 Å². The molecule has 4 nitrogen and oxygen atoms in total. The third-order valence-electron chi connectivity index (χ3n) is 2.05. The van der Waals surface area contributed by atoms with Crippen LogP contribution >= 0.6 is 22.9 Å². The van der Waals surface area contributed by atoms with E-state index in [4.69, 9.17) is 16.3 Å². The highest BCUT2D eigenvalue weighted by Gasteiger charge is 2.11. The van der Waals surface area contributed by atoms with E-state index in [1.807, 2.05) is 19.9 Å². The zero-order chi connectivity index (χ0) is 12.4. The summed E-state index contributed by atoms with van der Waals surface area (Å²) in [6.45, 7) is 3.82. The van der Waals surface area contributed by atoms with E-state index in [1.165, 1.54) is 11.3 Å². The van der Waals surface area contributed by atoms with E-state index < -0.39 is 0 Å². The Labute approximate surface area is 108 Å². The summed E-state index contributed by atoms with van der Waals surface area (Å²) < 4.78 is 6.14. The molecule has 0 saturated heterocycles. The first-order valence-electron chi connectivity index (χ1n) is 5.01. The van der Waals surface area contributed by atoms with Crippen LogP contribution in [0.2, 0.25) is 5.02 Å². The number of nitrogens with zero attached hydrogens (tertiary/aromatic N) is 2. The Hall–Kier alpha value is -1.33. The Kier molecular flexibility index (Phi) is 3.49. The maximum Gasteiger partial charge on any atom is 0.204 e. The highest BCUT2D eigenvalue weighted by molar-refractivity contribution is 7.22. The van der Waals surface area contributed by atoms with Crippen LogP contribution in [0.4, 0.5) is 5.13 Å². The van der Waals surface area contributed by atoms with Crippen molar-refractivity contribution in [3.63, 3.8) is 0 Å². The van der Waals surface area contributed by atoms with Crippen LogP contribution in [0.3, 0.4) is 0 Å². The van der Waals surface area contributed by atoms with Gasteiger partial charge in [-0.2, -0.15) is 5.10 Å². The zero-order valence-corrected chi connectivity index (χ0v) is 11.3. The number of rotatable bonds is 3. The lowest BCUT2D eigenvalue weighted by molar-refractivity contribution is 0.419. The summed E-state index contributed by atoms with van der Waals surface area (Å²) in [5.74, 6) is 0.714. The monoisotopic (exact) mass is 269 g/mol. The average molecular weight is 270 g/mol. The van der Waals surface area contributed by atoms with Crippen molar-refractivity contribution >= 4 is 44.0 Å². The predicted molar refractivity (Wildman–Crippen MR) is 73.6 cm³/mol. The maximum absolute atomic E-state index is 6.11. The Morgan fingerprint density at radius 1 is 1.47 bits per heavy atom. The van der Waals surface area contributed by atoms with Gasteiger partial charge in [0.05, 0.1) is 16.8 Å². The van der Waals surface area contributed by atoms with Crippen molar-refractivity contribution in [2.24, 2.45) is 5.10 Å². The fourth-order valence-electron chi connectivity index (χ4n) is 1.32. The van der Waals surface area contributed by atoms with Gasteiger partial charge in [0, 0.05) is 5.71 Å². The van der Waals surface area contributed by atoms with Gasteiger partial charge in [-0.25, -0.2) is 4.98 Å². The van der Waals surface area contributed by atoms with Crippen LogP contribution in [0, 0.1) is 0 Å². The van der Waals surface area contributed by atoms with Gasteiger partial charge in [-0.1, -0.05) is 22.9 Å². The second kappa shape index (κ2) is 4.89. The van der Waals surface area contributed by atoms with Gasteiger partial charge in [0.25, 0.3) is 0 Å².